The fourth-order valence-corrected chi connectivity index (χ4v) is 2.76. The van der Waals surface area contributed by atoms with Gasteiger partial charge >= 0.3 is 11.9 Å². The molecule has 2 rings (SSSR count). The highest BCUT2D eigenvalue weighted by Gasteiger charge is 2.60. The Bertz CT molecular complexity index is 582. The normalized spacial score (nSPS) is 33.3. The van der Waals surface area contributed by atoms with Crippen molar-refractivity contribution >= 4 is 11.9 Å². The minimum absolute atomic E-state index is 0.116. The van der Waals surface area contributed by atoms with Crippen LogP contribution >= 0.6 is 0 Å². The van der Waals surface area contributed by atoms with E-state index < -0.39 is 35.3 Å². The van der Waals surface area contributed by atoms with E-state index in [1.165, 1.54) is 6.92 Å². The third kappa shape index (κ3) is 3.54. The van der Waals surface area contributed by atoms with Gasteiger partial charge in [-0.05, 0) is 32.9 Å². The molecule has 1 N–H and O–H groups in total. The van der Waals surface area contributed by atoms with Crippen molar-refractivity contribution in [3.63, 3.8) is 0 Å². The highest BCUT2D eigenvalue weighted by molar-refractivity contribution is 5.89. The van der Waals surface area contributed by atoms with Gasteiger partial charge in [-0.25, -0.2) is 4.79 Å². The van der Waals surface area contributed by atoms with Crippen molar-refractivity contribution in [3.05, 3.63) is 35.9 Å². The van der Waals surface area contributed by atoms with Gasteiger partial charge in [0, 0.05) is 6.92 Å². The Hall–Kier alpha value is -1.92. The molecular weight excluding hydrogens is 300 g/mol. The van der Waals surface area contributed by atoms with Gasteiger partial charge in [0.25, 0.3) is 0 Å². The Balaban J connectivity index is 2.23. The summed E-state index contributed by atoms with van der Waals surface area (Å²) in [7, 11) is 0. The first-order valence-electron chi connectivity index (χ1n) is 7.46. The molecule has 4 atom stereocenters. The van der Waals surface area contributed by atoms with Crippen molar-refractivity contribution in [2.24, 2.45) is 0 Å². The minimum atomic E-state index is -1.40. The van der Waals surface area contributed by atoms with E-state index in [4.69, 9.17) is 14.2 Å². The molecule has 6 heteroatoms. The number of carbonyl (C=O) groups is 2. The van der Waals surface area contributed by atoms with Gasteiger partial charge in [0.1, 0.15) is 17.8 Å². The quantitative estimate of drug-likeness (QED) is 0.850. The molecular formula is C17H22O6. The lowest BCUT2D eigenvalue weighted by Crippen LogP contribution is -2.53. The molecule has 0 unspecified atom stereocenters. The van der Waals surface area contributed by atoms with Gasteiger partial charge in [0.15, 0.2) is 6.10 Å². The maximum Gasteiger partial charge on any atom is 0.338 e. The van der Waals surface area contributed by atoms with Crippen molar-refractivity contribution in [2.75, 3.05) is 6.61 Å². The predicted octanol–water partition coefficient (Wildman–Crippen LogP) is 1.70. The van der Waals surface area contributed by atoms with Crippen LogP contribution in [0, 0.1) is 0 Å². The van der Waals surface area contributed by atoms with Crippen molar-refractivity contribution in [1.29, 1.82) is 0 Å². The number of ether oxygens (including phenoxy) is 3. The minimum Gasteiger partial charge on any atom is -0.463 e. The lowest BCUT2D eigenvalue weighted by molar-refractivity contribution is -0.157. The first-order chi connectivity index (χ1) is 10.7. The van der Waals surface area contributed by atoms with Crippen LogP contribution in [0.25, 0.3) is 0 Å². The topological polar surface area (TPSA) is 82.1 Å². The zero-order valence-corrected chi connectivity index (χ0v) is 13.7. The van der Waals surface area contributed by atoms with Crippen LogP contribution < -0.4 is 0 Å². The Morgan fingerprint density at radius 2 is 1.87 bits per heavy atom. The van der Waals surface area contributed by atoms with Crippen molar-refractivity contribution in [2.45, 2.75) is 51.1 Å². The average Bonchev–Trinajstić information content (AvgIpc) is 2.66. The summed E-state index contributed by atoms with van der Waals surface area (Å²) in [6.45, 7) is 6.04. The fourth-order valence-electron chi connectivity index (χ4n) is 2.76. The molecule has 1 fully saturated rings. The molecule has 0 saturated carbocycles. The highest BCUT2D eigenvalue weighted by Crippen LogP contribution is 2.40. The summed E-state index contributed by atoms with van der Waals surface area (Å²) < 4.78 is 16.3. The van der Waals surface area contributed by atoms with Crippen LogP contribution in [0.1, 0.15) is 38.1 Å². The SMILES string of the molecule is CC(=O)OC[C@@]1(C)O[C@@H](C)[C@@](C)(O)[C@@H]1OC(=O)c1ccccc1. The lowest BCUT2D eigenvalue weighted by Gasteiger charge is -2.33. The molecule has 0 amide bonds. The second-order valence-electron chi connectivity index (χ2n) is 6.23. The molecule has 1 aliphatic heterocycles. The van der Waals surface area contributed by atoms with Crippen LogP contribution in [0.15, 0.2) is 30.3 Å². The smallest absolute Gasteiger partial charge is 0.338 e. The largest absolute Gasteiger partial charge is 0.463 e. The van der Waals surface area contributed by atoms with Gasteiger partial charge in [-0.15, -0.1) is 0 Å². The second kappa shape index (κ2) is 6.29. The van der Waals surface area contributed by atoms with E-state index in [2.05, 4.69) is 0 Å². The summed E-state index contributed by atoms with van der Waals surface area (Å²) in [5, 5.41) is 10.7. The zero-order valence-electron chi connectivity index (χ0n) is 13.7. The first-order valence-corrected chi connectivity index (χ1v) is 7.46. The molecule has 1 aromatic rings. The molecule has 126 valence electrons. The molecule has 0 spiro atoms. The summed E-state index contributed by atoms with van der Waals surface area (Å²) in [6, 6.07) is 8.49. The number of carbonyl (C=O) groups excluding carboxylic acids is 2. The van der Waals surface area contributed by atoms with Crippen molar-refractivity contribution < 1.29 is 28.9 Å². The average molecular weight is 322 g/mol. The van der Waals surface area contributed by atoms with Crippen LogP contribution in [0.3, 0.4) is 0 Å². The van der Waals surface area contributed by atoms with E-state index in [0.717, 1.165) is 0 Å². The van der Waals surface area contributed by atoms with Gasteiger partial charge < -0.3 is 19.3 Å². The molecule has 1 aliphatic rings. The Morgan fingerprint density at radius 3 is 2.43 bits per heavy atom. The molecule has 0 bridgehead atoms. The molecule has 1 aromatic carbocycles. The molecule has 1 heterocycles. The number of hydrogen-bond acceptors (Lipinski definition) is 6. The zero-order chi connectivity index (χ0) is 17.3. The molecule has 0 radical (unpaired) electrons. The van der Waals surface area contributed by atoms with Crippen LogP contribution in [0.5, 0.6) is 0 Å². The Labute approximate surface area is 135 Å². The van der Waals surface area contributed by atoms with Crippen LogP contribution in [0.4, 0.5) is 0 Å². The van der Waals surface area contributed by atoms with E-state index in [9.17, 15) is 14.7 Å². The standard InChI is InChI=1S/C17H22O6/c1-11-17(4,20)15(16(3,23-11)10-21-12(2)18)22-14(19)13-8-6-5-7-9-13/h5-9,11,15,20H,10H2,1-4H3/t11-,15+,16+,17+/m0/s1. The summed E-state index contributed by atoms with van der Waals surface area (Å²) in [5.74, 6) is -1.04. The number of benzene rings is 1. The van der Waals surface area contributed by atoms with Gasteiger partial charge in [-0.3, -0.25) is 4.79 Å². The summed E-state index contributed by atoms with van der Waals surface area (Å²) in [5.41, 5.74) is -2.16. The Kier molecular flexibility index (Phi) is 4.77. The fraction of sp³-hybridized carbons (Fsp3) is 0.529. The maximum absolute atomic E-state index is 12.3. The van der Waals surface area contributed by atoms with Crippen LogP contribution in [-0.2, 0) is 19.0 Å². The van der Waals surface area contributed by atoms with E-state index >= 15 is 0 Å². The number of rotatable bonds is 4. The van der Waals surface area contributed by atoms with E-state index in [-0.39, 0.29) is 6.61 Å². The summed E-state index contributed by atoms with van der Waals surface area (Å²) in [4.78, 5) is 23.4. The third-order valence-electron chi connectivity index (χ3n) is 4.15. The monoisotopic (exact) mass is 322 g/mol. The second-order valence-corrected chi connectivity index (χ2v) is 6.23. The first kappa shape index (κ1) is 17.4. The van der Waals surface area contributed by atoms with E-state index in [0.29, 0.717) is 5.56 Å². The van der Waals surface area contributed by atoms with Gasteiger partial charge in [-0.1, -0.05) is 18.2 Å². The van der Waals surface area contributed by atoms with Gasteiger partial charge in [0.2, 0.25) is 0 Å². The molecule has 0 aliphatic carbocycles. The van der Waals surface area contributed by atoms with Crippen molar-refractivity contribution in [1.82, 2.24) is 0 Å². The van der Waals surface area contributed by atoms with E-state index in [1.54, 1.807) is 51.1 Å². The van der Waals surface area contributed by atoms with E-state index in [1.807, 2.05) is 0 Å². The van der Waals surface area contributed by atoms with Gasteiger partial charge in [0.05, 0.1) is 11.7 Å². The van der Waals surface area contributed by atoms with Gasteiger partial charge in [-0.2, -0.15) is 0 Å². The lowest BCUT2D eigenvalue weighted by atomic mass is 9.87. The number of aliphatic hydroxyl groups is 1. The highest BCUT2D eigenvalue weighted by atomic mass is 16.6. The molecule has 6 nitrogen and oxygen atoms in total. The maximum atomic E-state index is 12.3. The summed E-state index contributed by atoms with van der Waals surface area (Å²) in [6.07, 6.45) is -1.56. The third-order valence-corrected chi connectivity index (χ3v) is 4.15. The molecule has 0 aromatic heterocycles. The van der Waals surface area contributed by atoms with Crippen LogP contribution in [-0.4, -0.2) is 47.1 Å². The Morgan fingerprint density at radius 1 is 1.26 bits per heavy atom. The predicted molar refractivity (Wildman–Crippen MR) is 81.9 cm³/mol. The van der Waals surface area contributed by atoms with Crippen molar-refractivity contribution in [3.8, 4) is 0 Å². The summed E-state index contributed by atoms with van der Waals surface area (Å²) >= 11 is 0. The molecule has 23 heavy (non-hydrogen) atoms. The number of esters is 2. The van der Waals surface area contributed by atoms with Crippen LogP contribution in [0.2, 0.25) is 0 Å². The molecule has 1 saturated heterocycles. The number of hydrogen-bond donors (Lipinski definition) is 1.